The van der Waals surface area contributed by atoms with Crippen LogP contribution in [-0.4, -0.2) is 139 Å². The highest BCUT2D eigenvalue weighted by molar-refractivity contribution is 5.77. The van der Waals surface area contributed by atoms with Crippen LogP contribution in [0, 0.1) is 0 Å². The Labute approximate surface area is 327 Å². The highest BCUT2D eigenvalue weighted by Crippen LogP contribution is 2.20. The second-order valence-electron chi connectivity index (χ2n) is 12.3. The standard InChI is InChI=1S/C44H60O11/c1-46-19-21-48-23-25-50-27-29-52-31-33-54-36-44(37-55-34-32-53-30-28-51-26-24-49-22-20-47-2)43-17-15-41(16-18-43)10-9-39-5-3-38(4-6-39)7-8-40-11-13-42(35-45)14-12-40/h3-18,35,44H,19-34,36-37H2,1-2H3/b8-7+,10-9+. The summed E-state index contributed by atoms with van der Waals surface area (Å²) in [5.74, 6) is 0.0458. The second kappa shape index (κ2) is 31.6. The van der Waals surface area contributed by atoms with E-state index in [0.717, 1.165) is 34.1 Å². The van der Waals surface area contributed by atoms with Crippen molar-refractivity contribution in [2.24, 2.45) is 0 Å². The van der Waals surface area contributed by atoms with Crippen molar-refractivity contribution >= 4 is 30.6 Å². The lowest BCUT2D eigenvalue weighted by Crippen LogP contribution is -2.19. The Balaban J connectivity index is 1.41. The van der Waals surface area contributed by atoms with Gasteiger partial charge in [0, 0.05) is 25.7 Å². The number of rotatable bonds is 34. The first-order chi connectivity index (χ1) is 27.2. The first-order valence-corrected chi connectivity index (χ1v) is 18.9. The molecule has 0 spiro atoms. The van der Waals surface area contributed by atoms with E-state index in [2.05, 4.69) is 66.8 Å². The van der Waals surface area contributed by atoms with Gasteiger partial charge in [-0.25, -0.2) is 0 Å². The predicted octanol–water partition coefficient (Wildman–Crippen LogP) is 6.35. The third-order valence-electron chi connectivity index (χ3n) is 8.09. The Kier molecular flexibility index (Phi) is 26.3. The van der Waals surface area contributed by atoms with Crippen molar-refractivity contribution < 1.29 is 52.2 Å². The molecule has 55 heavy (non-hydrogen) atoms. The average Bonchev–Trinajstić information content (AvgIpc) is 3.22. The minimum atomic E-state index is 0.0458. The molecule has 0 bridgehead atoms. The molecule has 0 radical (unpaired) electrons. The second-order valence-corrected chi connectivity index (χ2v) is 12.3. The summed E-state index contributed by atoms with van der Waals surface area (Å²) in [4.78, 5) is 10.9. The van der Waals surface area contributed by atoms with Gasteiger partial charge >= 0.3 is 0 Å². The molecule has 0 fully saturated rings. The third kappa shape index (κ3) is 22.5. The van der Waals surface area contributed by atoms with Crippen molar-refractivity contribution in [2.75, 3.05) is 133 Å². The smallest absolute Gasteiger partial charge is 0.150 e. The molecule has 0 unspecified atom stereocenters. The van der Waals surface area contributed by atoms with Gasteiger partial charge in [-0.15, -0.1) is 0 Å². The normalized spacial score (nSPS) is 11.8. The number of hydrogen-bond acceptors (Lipinski definition) is 11. The number of aldehydes is 1. The van der Waals surface area contributed by atoms with Crippen LogP contribution >= 0.6 is 0 Å². The Hall–Kier alpha value is -3.59. The van der Waals surface area contributed by atoms with Gasteiger partial charge in [0.05, 0.1) is 119 Å². The third-order valence-corrected chi connectivity index (χ3v) is 8.09. The Bertz CT molecular complexity index is 1380. The van der Waals surface area contributed by atoms with E-state index in [4.69, 9.17) is 47.4 Å². The molecular formula is C44H60O11. The SMILES string of the molecule is COCCOCCOCCOCCOCC(COCCOCCOCCOCCOC)c1ccc(/C=C/c2ccc(/C=C/c3ccc(C=O)cc3)cc2)cc1. The zero-order valence-corrected chi connectivity index (χ0v) is 32.6. The van der Waals surface area contributed by atoms with Crippen molar-refractivity contribution in [3.05, 3.63) is 106 Å². The lowest BCUT2D eigenvalue weighted by atomic mass is 9.99. The molecule has 0 N–H and O–H groups in total. The van der Waals surface area contributed by atoms with Crippen LogP contribution in [0.25, 0.3) is 24.3 Å². The van der Waals surface area contributed by atoms with Crippen molar-refractivity contribution in [3.63, 3.8) is 0 Å². The number of ether oxygens (including phenoxy) is 10. The van der Waals surface area contributed by atoms with Crippen LogP contribution in [0.15, 0.2) is 72.8 Å². The largest absolute Gasteiger partial charge is 0.382 e. The fraction of sp³-hybridized carbons (Fsp3) is 0.477. The van der Waals surface area contributed by atoms with Crippen LogP contribution in [0.5, 0.6) is 0 Å². The summed E-state index contributed by atoms with van der Waals surface area (Å²) in [6, 6.07) is 24.4. The molecule has 3 rings (SSSR count). The van der Waals surface area contributed by atoms with E-state index in [1.807, 2.05) is 30.3 Å². The molecule has 3 aromatic rings. The van der Waals surface area contributed by atoms with E-state index in [9.17, 15) is 4.79 Å². The average molecular weight is 765 g/mol. The summed E-state index contributed by atoms with van der Waals surface area (Å²) in [7, 11) is 3.30. The maximum atomic E-state index is 10.9. The number of methoxy groups -OCH3 is 2. The fourth-order valence-electron chi connectivity index (χ4n) is 4.96. The molecule has 0 aromatic heterocycles. The molecule has 0 saturated carbocycles. The fourth-order valence-corrected chi connectivity index (χ4v) is 4.96. The lowest BCUT2D eigenvalue weighted by Gasteiger charge is -2.18. The number of benzene rings is 3. The Morgan fingerprint density at radius 1 is 0.364 bits per heavy atom. The molecule has 11 nitrogen and oxygen atoms in total. The number of carbonyl (C=O) groups is 1. The predicted molar refractivity (Wildman–Crippen MR) is 216 cm³/mol. The van der Waals surface area contributed by atoms with Gasteiger partial charge in [-0.1, -0.05) is 97.1 Å². The van der Waals surface area contributed by atoms with Gasteiger partial charge in [0.25, 0.3) is 0 Å². The summed E-state index contributed by atoms with van der Waals surface area (Å²) in [5.41, 5.74) is 6.16. The molecule has 0 amide bonds. The number of carbonyl (C=O) groups excluding carboxylic acids is 1. The quantitative estimate of drug-likeness (QED) is 0.0386. The molecule has 0 atom stereocenters. The zero-order chi connectivity index (χ0) is 38.9. The van der Waals surface area contributed by atoms with Gasteiger partial charge in [0.2, 0.25) is 0 Å². The lowest BCUT2D eigenvalue weighted by molar-refractivity contribution is -0.0180. The molecular weight excluding hydrogens is 704 g/mol. The van der Waals surface area contributed by atoms with E-state index in [-0.39, 0.29) is 5.92 Å². The van der Waals surface area contributed by atoms with Crippen molar-refractivity contribution in [2.45, 2.75) is 5.92 Å². The van der Waals surface area contributed by atoms with Gasteiger partial charge in [-0.05, 0) is 27.8 Å². The minimum absolute atomic E-state index is 0.0458. The molecule has 0 heterocycles. The van der Waals surface area contributed by atoms with Crippen LogP contribution in [0.2, 0.25) is 0 Å². The first-order valence-electron chi connectivity index (χ1n) is 18.9. The highest BCUT2D eigenvalue weighted by Gasteiger charge is 2.13. The van der Waals surface area contributed by atoms with E-state index in [1.54, 1.807) is 14.2 Å². The van der Waals surface area contributed by atoms with E-state index in [0.29, 0.717) is 124 Å². The minimum Gasteiger partial charge on any atom is -0.382 e. The monoisotopic (exact) mass is 764 g/mol. The van der Waals surface area contributed by atoms with Crippen LogP contribution in [0.3, 0.4) is 0 Å². The summed E-state index contributed by atoms with van der Waals surface area (Å²) in [6.07, 6.45) is 9.16. The van der Waals surface area contributed by atoms with Gasteiger partial charge in [0.15, 0.2) is 0 Å². The molecule has 302 valence electrons. The van der Waals surface area contributed by atoms with Crippen molar-refractivity contribution in [3.8, 4) is 0 Å². The summed E-state index contributed by atoms with van der Waals surface area (Å²) >= 11 is 0. The first kappa shape index (κ1) is 45.8. The van der Waals surface area contributed by atoms with Crippen LogP contribution in [0.4, 0.5) is 0 Å². The molecule has 0 aliphatic heterocycles. The molecule has 0 aliphatic rings. The maximum absolute atomic E-state index is 10.9. The van der Waals surface area contributed by atoms with Crippen molar-refractivity contribution in [1.29, 1.82) is 0 Å². The summed E-state index contributed by atoms with van der Waals surface area (Å²) < 4.78 is 55.1. The molecule has 3 aromatic carbocycles. The van der Waals surface area contributed by atoms with Crippen LogP contribution in [-0.2, 0) is 47.4 Å². The van der Waals surface area contributed by atoms with Crippen LogP contribution in [0.1, 0.15) is 44.1 Å². The van der Waals surface area contributed by atoms with E-state index in [1.165, 1.54) is 0 Å². The maximum Gasteiger partial charge on any atom is 0.150 e. The number of hydrogen-bond donors (Lipinski definition) is 0. The highest BCUT2D eigenvalue weighted by atomic mass is 16.6. The van der Waals surface area contributed by atoms with Crippen molar-refractivity contribution in [1.82, 2.24) is 0 Å². The molecule has 0 saturated heterocycles. The van der Waals surface area contributed by atoms with Gasteiger partial charge in [-0.2, -0.15) is 0 Å². The summed E-state index contributed by atoms with van der Waals surface area (Å²) in [5, 5.41) is 0. The Morgan fingerprint density at radius 3 is 0.909 bits per heavy atom. The van der Waals surface area contributed by atoms with E-state index >= 15 is 0 Å². The Morgan fingerprint density at radius 2 is 0.618 bits per heavy atom. The summed E-state index contributed by atoms with van der Waals surface area (Å²) in [6.45, 7) is 9.32. The van der Waals surface area contributed by atoms with Gasteiger partial charge < -0.3 is 47.4 Å². The van der Waals surface area contributed by atoms with E-state index < -0.39 is 0 Å². The molecule has 11 heteroatoms. The van der Waals surface area contributed by atoms with Crippen LogP contribution < -0.4 is 0 Å². The van der Waals surface area contributed by atoms with Gasteiger partial charge in [-0.3, -0.25) is 4.79 Å². The zero-order valence-electron chi connectivity index (χ0n) is 32.6. The molecule has 0 aliphatic carbocycles. The topological polar surface area (TPSA) is 109 Å². The van der Waals surface area contributed by atoms with Gasteiger partial charge in [0.1, 0.15) is 6.29 Å².